The van der Waals surface area contributed by atoms with E-state index in [0.29, 0.717) is 30.0 Å². The Labute approximate surface area is 168 Å². The summed E-state index contributed by atoms with van der Waals surface area (Å²) in [6.45, 7) is 0.254. The van der Waals surface area contributed by atoms with Crippen LogP contribution in [0.25, 0.3) is 0 Å². The summed E-state index contributed by atoms with van der Waals surface area (Å²) in [6, 6.07) is 16.4. The van der Waals surface area contributed by atoms with Crippen LogP contribution in [-0.4, -0.2) is 28.1 Å². The number of ether oxygens (including phenoxy) is 1. The monoisotopic (exact) mass is 397 g/mol. The standard InChI is InChI=1S/C22H23NO4S/c1-28-20-8-7-18(17(10-12-24)19-13-16(25)9-11-23-19)21(26)22(20)27-14-15-5-3-2-4-6-15/h2-9,11,13,17,24,26H,10,12,14H2,1H3,(H,23,25). The summed E-state index contributed by atoms with van der Waals surface area (Å²) in [5, 5.41) is 20.5. The van der Waals surface area contributed by atoms with E-state index in [0.717, 1.165) is 10.5 Å². The topological polar surface area (TPSA) is 82.5 Å². The van der Waals surface area contributed by atoms with Gasteiger partial charge in [-0.3, -0.25) is 4.79 Å². The number of aromatic amines is 1. The third kappa shape index (κ3) is 4.58. The number of H-pyrrole nitrogens is 1. The fourth-order valence-electron chi connectivity index (χ4n) is 3.15. The van der Waals surface area contributed by atoms with Crippen molar-refractivity contribution in [3.05, 3.63) is 87.8 Å². The molecule has 28 heavy (non-hydrogen) atoms. The predicted molar refractivity (Wildman–Crippen MR) is 111 cm³/mol. The van der Waals surface area contributed by atoms with Crippen molar-refractivity contribution in [3.63, 3.8) is 0 Å². The quantitative estimate of drug-likeness (QED) is 0.502. The molecular weight excluding hydrogens is 374 g/mol. The number of aromatic hydroxyl groups is 1. The molecule has 0 saturated heterocycles. The molecule has 3 rings (SSSR count). The van der Waals surface area contributed by atoms with E-state index in [1.165, 1.54) is 23.9 Å². The zero-order valence-corrected chi connectivity index (χ0v) is 16.4. The first-order chi connectivity index (χ1) is 13.6. The van der Waals surface area contributed by atoms with Gasteiger partial charge in [-0.25, -0.2) is 0 Å². The van der Waals surface area contributed by atoms with E-state index >= 15 is 0 Å². The Morgan fingerprint density at radius 1 is 1.14 bits per heavy atom. The van der Waals surface area contributed by atoms with Crippen LogP contribution >= 0.6 is 11.8 Å². The number of thioether (sulfide) groups is 1. The summed E-state index contributed by atoms with van der Waals surface area (Å²) < 4.78 is 5.97. The summed E-state index contributed by atoms with van der Waals surface area (Å²) in [4.78, 5) is 15.6. The number of aliphatic hydroxyl groups is 1. The molecule has 3 N–H and O–H groups in total. The first-order valence-electron chi connectivity index (χ1n) is 9.00. The van der Waals surface area contributed by atoms with Crippen LogP contribution < -0.4 is 10.2 Å². The zero-order valence-electron chi connectivity index (χ0n) is 15.6. The molecule has 1 unspecified atom stereocenters. The molecule has 0 saturated carbocycles. The number of hydrogen-bond acceptors (Lipinski definition) is 5. The number of hydrogen-bond donors (Lipinski definition) is 3. The van der Waals surface area contributed by atoms with Crippen molar-refractivity contribution in [1.29, 1.82) is 0 Å². The van der Waals surface area contributed by atoms with Crippen molar-refractivity contribution < 1.29 is 14.9 Å². The van der Waals surface area contributed by atoms with Gasteiger partial charge in [-0.05, 0) is 24.3 Å². The Kier molecular flexibility index (Phi) is 6.79. The molecule has 0 aliphatic heterocycles. The molecule has 2 aromatic carbocycles. The van der Waals surface area contributed by atoms with Crippen LogP contribution in [0.2, 0.25) is 0 Å². The first kappa shape index (κ1) is 20.0. The van der Waals surface area contributed by atoms with Gasteiger partial charge in [0.2, 0.25) is 0 Å². The van der Waals surface area contributed by atoms with Gasteiger partial charge < -0.3 is 19.9 Å². The third-order valence-corrected chi connectivity index (χ3v) is 5.30. The van der Waals surface area contributed by atoms with E-state index in [1.54, 1.807) is 6.20 Å². The zero-order chi connectivity index (χ0) is 19.9. The molecule has 0 spiro atoms. The Morgan fingerprint density at radius 3 is 2.61 bits per heavy atom. The maximum Gasteiger partial charge on any atom is 0.181 e. The Hall–Kier alpha value is -2.70. The summed E-state index contributed by atoms with van der Waals surface area (Å²) in [5.74, 6) is 0.0925. The number of aliphatic hydroxyl groups excluding tert-OH is 1. The molecule has 1 atom stereocenters. The first-order valence-corrected chi connectivity index (χ1v) is 10.2. The minimum absolute atomic E-state index is 0.0333. The van der Waals surface area contributed by atoms with Crippen LogP contribution in [0.4, 0.5) is 0 Å². The SMILES string of the molecule is CSc1ccc(C(CCO)c2cc(=O)cc[nH]2)c(O)c1OCc1ccccc1. The van der Waals surface area contributed by atoms with Gasteiger partial charge in [0.1, 0.15) is 6.61 Å². The van der Waals surface area contributed by atoms with Crippen molar-refractivity contribution in [1.82, 2.24) is 4.98 Å². The molecule has 0 aliphatic rings. The number of phenolic OH excluding ortho intramolecular Hbond substituents is 1. The van der Waals surface area contributed by atoms with Crippen molar-refractivity contribution in [2.24, 2.45) is 0 Å². The molecule has 1 aromatic heterocycles. The Bertz CT molecular complexity index is 972. The minimum atomic E-state index is -0.353. The van der Waals surface area contributed by atoms with Crippen LogP contribution in [0.1, 0.15) is 29.2 Å². The highest BCUT2D eigenvalue weighted by atomic mass is 32.2. The average Bonchev–Trinajstić information content (AvgIpc) is 2.72. The van der Waals surface area contributed by atoms with E-state index in [9.17, 15) is 15.0 Å². The van der Waals surface area contributed by atoms with Crippen molar-refractivity contribution >= 4 is 11.8 Å². The van der Waals surface area contributed by atoms with Crippen molar-refractivity contribution in [2.75, 3.05) is 12.9 Å². The summed E-state index contributed by atoms with van der Waals surface area (Å²) in [7, 11) is 0. The molecule has 5 nitrogen and oxygen atoms in total. The number of pyridine rings is 1. The van der Waals surface area contributed by atoms with Gasteiger partial charge in [0.05, 0.1) is 4.90 Å². The van der Waals surface area contributed by atoms with E-state index in [2.05, 4.69) is 4.98 Å². The second-order valence-corrected chi connectivity index (χ2v) is 7.20. The third-order valence-electron chi connectivity index (χ3n) is 4.54. The fourth-order valence-corrected chi connectivity index (χ4v) is 3.70. The lowest BCUT2D eigenvalue weighted by Gasteiger charge is -2.21. The van der Waals surface area contributed by atoms with Crippen molar-refractivity contribution in [2.45, 2.75) is 23.8 Å². The number of nitrogens with one attached hydrogen (secondary N) is 1. The van der Waals surface area contributed by atoms with Gasteiger partial charge in [-0.1, -0.05) is 36.4 Å². The maximum absolute atomic E-state index is 11.8. The summed E-state index contributed by atoms with van der Waals surface area (Å²) in [5.41, 5.74) is 2.12. The Morgan fingerprint density at radius 2 is 1.93 bits per heavy atom. The summed E-state index contributed by atoms with van der Waals surface area (Å²) in [6.07, 6.45) is 3.86. The van der Waals surface area contributed by atoms with E-state index in [4.69, 9.17) is 4.74 Å². The molecule has 1 heterocycles. The molecule has 146 valence electrons. The van der Waals surface area contributed by atoms with Crippen LogP contribution in [0.3, 0.4) is 0 Å². The molecule has 3 aromatic rings. The fraction of sp³-hybridized carbons (Fsp3) is 0.227. The van der Waals surface area contributed by atoms with Gasteiger partial charge in [0.15, 0.2) is 16.9 Å². The van der Waals surface area contributed by atoms with Crippen LogP contribution in [0.15, 0.2) is 70.5 Å². The molecule has 0 radical (unpaired) electrons. The lowest BCUT2D eigenvalue weighted by Crippen LogP contribution is -2.10. The van der Waals surface area contributed by atoms with E-state index < -0.39 is 0 Å². The average molecular weight is 397 g/mol. The van der Waals surface area contributed by atoms with E-state index in [-0.39, 0.29) is 23.7 Å². The molecule has 6 heteroatoms. The van der Waals surface area contributed by atoms with Gasteiger partial charge in [-0.15, -0.1) is 11.8 Å². The second-order valence-electron chi connectivity index (χ2n) is 6.35. The van der Waals surface area contributed by atoms with Gasteiger partial charge in [-0.2, -0.15) is 0 Å². The highest BCUT2D eigenvalue weighted by molar-refractivity contribution is 7.98. The highest BCUT2D eigenvalue weighted by Crippen LogP contribution is 2.43. The number of phenols is 1. The van der Waals surface area contributed by atoms with Gasteiger partial charge in [0, 0.05) is 42.1 Å². The van der Waals surface area contributed by atoms with Gasteiger partial charge in [0.25, 0.3) is 0 Å². The highest BCUT2D eigenvalue weighted by Gasteiger charge is 2.23. The molecular formula is C22H23NO4S. The Balaban J connectivity index is 1.99. The molecule has 0 amide bonds. The number of rotatable bonds is 8. The normalized spacial score (nSPS) is 11.9. The lowest BCUT2D eigenvalue weighted by molar-refractivity contribution is 0.272. The summed E-state index contributed by atoms with van der Waals surface area (Å²) >= 11 is 1.48. The predicted octanol–water partition coefficient (Wildman–Crippen LogP) is 3.90. The molecule has 0 bridgehead atoms. The minimum Gasteiger partial charge on any atom is -0.504 e. The smallest absolute Gasteiger partial charge is 0.181 e. The molecule has 0 aliphatic carbocycles. The van der Waals surface area contributed by atoms with Crippen LogP contribution in [0, 0.1) is 0 Å². The lowest BCUT2D eigenvalue weighted by atomic mass is 9.91. The largest absolute Gasteiger partial charge is 0.504 e. The number of aromatic nitrogens is 1. The van der Waals surface area contributed by atoms with Crippen molar-refractivity contribution in [3.8, 4) is 11.5 Å². The molecule has 0 fully saturated rings. The van der Waals surface area contributed by atoms with Gasteiger partial charge >= 0.3 is 0 Å². The van der Waals surface area contributed by atoms with Crippen LogP contribution in [0.5, 0.6) is 11.5 Å². The number of benzene rings is 2. The van der Waals surface area contributed by atoms with E-state index in [1.807, 2.05) is 48.7 Å². The second kappa shape index (κ2) is 9.48. The maximum atomic E-state index is 11.8. The van der Waals surface area contributed by atoms with Crippen LogP contribution in [-0.2, 0) is 6.61 Å².